The van der Waals surface area contributed by atoms with Crippen molar-refractivity contribution in [3.05, 3.63) is 23.8 Å². The molecule has 1 aromatic carbocycles. The highest BCUT2D eigenvalue weighted by molar-refractivity contribution is 5.62. The molecule has 0 aromatic heterocycles. The average molecular weight is 220 g/mol. The lowest BCUT2D eigenvalue weighted by atomic mass is 10.1. The first-order valence-corrected chi connectivity index (χ1v) is 5.95. The van der Waals surface area contributed by atoms with Crippen molar-refractivity contribution in [2.45, 2.75) is 32.3 Å². The van der Waals surface area contributed by atoms with E-state index in [0.29, 0.717) is 5.92 Å². The van der Waals surface area contributed by atoms with E-state index in [1.165, 1.54) is 0 Å². The van der Waals surface area contributed by atoms with E-state index in [-0.39, 0.29) is 6.10 Å². The van der Waals surface area contributed by atoms with Crippen molar-refractivity contribution < 1.29 is 5.11 Å². The van der Waals surface area contributed by atoms with Gasteiger partial charge in [-0.15, -0.1) is 0 Å². The minimum atomic E-state index is -0.131. The molecule has 1 aliphatic rings. The molecule has 0 bridgehead atoms. The van der Waals surface area contributed by atoms with Gasteiger partial charge < -0.3 is 16.2 Å². The molecule has 1 fully saturated rings. The topological polar surface area (TPSA) is 58.3 Å². The monoisotopic (exact) mass is 220 g/mol. The number of nitrogen functional groups attached to an aromatic ring is 1. The molecule has 3 heteroatoms. The quantitative estimate of drug-likeness (QED) is 0.684. The molecular formula is C13H20N2O. The van der Waals surface area contributed by atoms with Crippen molar-refractivity contribution in [2.75, 3.05) is 17.6 Å². The number of nitrogens with one attached hydrogen (secondary N) is 1. The summed E-state index contributed by atoms with van der Waals surface area (Å²) in [5.41, 5.74) is 8.83. The standard InChI is InChI=1S/C13H20N2O/c1-9-11(14)5-3-6-12(9)15-8-10-4-2-7-13(10)16/h3,5-6,10,13,15-16H,2,4,7-8,14H2,1H3. The number of anilines is 2. The van der Waals surface area contributed by atoms with E-state index in [4.69, 9.17) is 5.73 Å². The minimum absolute atomic E-state index is 0.131. The Labute approximate surface area is 96.7 Å². The van der Waals surface area contributed by atoms with E-state index in [2.05, 4.69) is 5.32 Å². The minimum Gasteiger partial charge on any atom is -0.398 e. The molecule has 0 radical (unpaired) electrons. The summed E-state index contributed by atoms with van der Waals surface area (Å²) in [6.07, 6.45) is 3.08. The molecule has 2 unspecified atom stereocenters. The maximum absolute atomic E-state index is 9.73. The van der Waals surface area contributed by atoms with Crippen LogP contribution in [0.4, 0.5) is 11.4 Å². The lowest BCUT2D eigenvalue weighted by Crippen LogP contribution is -2.22. The van der Waals surface area contributed by atoms with Gasteiger partial charge in [-0.3, -0.25) is 0 Å². The second kappa shape index (κ2) is 4.74. The Kier molecular flexibility index (Phi) is 3.34. The Hall–Kier alpha value is -1.22. The van der Waals surface area contributed by atoms with Gasteiger partial charge in [0.1, 0.15) is 0 Å². The number of aliphatic hydroxyl groups is 1. The Morgan fingerprint density at radius 3 is 2.94 bits per heavy atom. The first-order chi connectivity index (χ1) is 7.68. The van der Waals surface area contributed by atoms with Crippen LogP contribution < -0.4 is 11.1 Å². The SMILES string of the molecule is Cc1c(N)cccc1NCC1CCCC1O. The second-order valence-corrected chi connectivity index (χ2v) is 4.66. The number of benzene rings is 1. The fourth-order valence-corrected chi connectivity index (χ4v) is 2.34. The number of aliphatic hydroxyl groups excluding tert-OH is 1. The van der Waals surface area contributed by atoms with Crippen molar-refractivity contribution in [1.82, 2.24) is 0 Å². The zero-order chi connectivity index (χ0) is 11.5. The highest BCUT2D eigenvalue weighted by Crippen LogP contribution is 2.27. The van der Waals surface area contributed by atoms with E-state index in [1.54, 1.807) is 0 Å². The molecule has 0 heterocycles. The van der Waals surface area contributed by atoms with Crippen LogP contribution in [-0.2, 0) is 0 Å². The zero-order valence-corrected chi connectivity index (χ0v) is 9.74. The van der Waals surface area contributed by atoms with Crippen LogP contribution in [0.2, 0.25) is 0 Å². The molecule has 0 amide bonds. The van der Waals surface area contributed by atoms with Gasteiger partial charge in [0.25, 0.3) is 0 Å². The van der Waals surface area contributed by atoms with Crippen LogP contribution >= 0.6 is 0 Å². The lowest BCUT2D eigenvalue weighted by molar-refractivity contribution is 0.138. The molecule has 88 valence electrons. The fraction of sp³-hybridized carbons (Fsp3) is 0.538. The second-order valence-electron chi connectivity index (χ2n) is 4.66. The van der Waals surface area contributed by atoms with Crippen LogP contribution in [-0.4, -0.2) is 17.8 Å². The maximum Gasteiger partial charge on any atom is 0.0585 e. The molecular weight excluding hydrogens is 200 g/mol. The summed E-state index contributed by atoms with van der Waals surface area (Å²) in [4.78, 5) is 0. The molecule has 3 nitrogen and oxygen atoms in total. The third-order valence-electron chi connectivity index (χ3n) is 3.55. The van der Waals surface area contributed by atoms with Crippen LogP contribution in [0.15, 0.2) is 18.2 Å². The molecule has 1 aromatic rings. The summed E-state index contributed by atoms with van der Waals surface area (Å²) in [7, 11) is 0. The summed E-state index contributed by atoms with van der Waals surface area (Å²) < 4.78 is 0. The molecule has 0 saturated heterocycles. The van der Waals surface area contributed by atoms with Crippen molar-refractivity contribution in [2.24, 2.45) is 5.92 Å². The van der Waals surface area contributed by atoms with Gasteiger partial charge in [-0.1, -0.05) is 12.5 Å². The summed E-state index contributed by atoms with van der Waals surface area (Å²) in [5, 5.41) is 13.1. The van der Waals surface area contributed by atoms with Crippen molar-refractivity contribution in [3.63, 3.8) is 0 Å². The maximum atomic E-state index is 9.73. The molecule has 1 saturated carbocycles. The predicted molar refractivity (Wildman–Crippen MR) is 67.4 cm³/mol. The van der Waals surface area contributed by atoms with Gasteiger partial charge in [0.05, 0.1) is 6.10 Å². The third-order valence-corrected chi connectivity index (χ3v) is 3.55. The summed E-state index contributed by atoms with van der Waals surface area (Å²) in [5.74, 6) is 0.390. The number of nitrogens with two attached hydrogens (primary N) is 1. The average Bonchev–Trinajstić information content (AvgIpc) is 2.67. The van der Waals surface area contributed by atoms with Gasteiger partial charge in [0.15, 0.2) is 0 Å². The number of rotatable bonds is 3. The highest BCUT2D eigenvalue weighted by atomic mass is 16.3. The third kappa shape index (κ3) is 2.30. The first-order valence-electron chi connectivity index (χ1n) is 5.95. The van der Waals surface area contributed by atoms with E-state index in [9.17, 15) is 5.11 Å². The van der Waals surface area contributed by atoms with Crippen molar-refractivity contribution in [1.29, 1.82) is 0 Å². The molecule has 4 N–H and O–H groups in total. The van der Waals surface area contributed by atoms with Crippen LogP contribution in [0.5, 0.6) is 0 Å². The van der Waals surface area contributed by atoms with Gasteiger partial charge in [0, 0.05) is 23.8 Å². The zero-order valence-electron chi connectivity index (χ0n) is 9.74. The number of hydrogen-bond donors (Lipinski definition) is 3. The number of hydrogen-bond acceptors (Lipinski definition) is 3. The molecule has 2 atom stereocenters. The van der Waals surface area contributed by atoms with Crippen molar-refractivity contribution in [3.8, 4) is 0 Å². The van der Waals surface area contributed by atoms with Crippen LogP contribution in [0.25, 0.3) is 0 Å². The lowest BCUT2D eigenvalue weighted by Gasteiger charge is -2.17. The Bertz CT molecular complexity index is 365. The van der Waals surface area contributed by atoms with Gasteiger partial charge in [-0.2, -0.15) is 0 Å². The van der Waals surface area contributed by atoms with Gasteiger partial charge in [0.2, 0.25) is 0 Å². The Morgan fingerprint density at radius 1 is 1.44 bits per heavy atom. The van der Waals surface area contributed by atoms with Gasteiger partial charge in [-0.25, -0.2) is 0 Å². The van der Waals surface area contributed by atoms with E-state index in [1.807, 2.05) is 25.1 Å². The molecule has 16 heavy (non-hydrogen) atoms. The highest BCUT2D eigenvalue weighted by Gasteiger charge is 2.24. The van der Waals surface area contributed by atoms with E-state index < -0.39 is 0 Å². The van der Waals surface area contributed by atoms with E-state index in [0.717, 1.165) is 42.7 Å². The summed E-state index contributed by atoms with van der Waals surface area (Å²) in [6.45, 7) is 2.86. The van der Waals surface area contributed by atoms with Crippen LogP contribution in [0.3, 0.4) is 0 Å². The molecule has 0 aliphatic heterocycles. The smallest absolute Gasteiger partial charge is 0.0585 e. The van der Waals surface area contributed by atoms with Crippen LogP contribution in [0.1, 0.15) is 24.8 Å². The normalized spacial score (nSPS) is 24.6. The molecule has 0 spiro atoms. The fourth-order valence-electron chi connectivity index (χ4n) is 2.34. The van der Waals surface area contributed by atoms with Crippen molar-refractivity contribution >= 4 is 11.4 Å². The Balaban J connectivity index is 1.96. The summed E-state index contributed by atoms with van der Waals surface area (Å²) in [6, 6.07) is 5.90. The first kappa shape index (κ1) is 11.3. The van der Waals surface area contributed by atoms with Gasteiger partial charge in [-0.05, 0) is 37.5 Å². The molecule has 2 rings (SSSR count). The van der Waals surface area contributed by atoms with E-state index >= 15 is 0 Å². The Morgan fingerprint density at radius 2 is 2.25 bits per heavy atom. The summed E-state index contributed by atoms with van der Waals surface area (Å²) >= 11 is 0. The van der Waals surface area contributed by atoms with Crippen LogP contribution in [0, 0.1) is 12.8 Å². The predicted octanol–water partition coefficient (Wildman–Crippen LogP) is 2.15. The largest absolute Gasteiger partial charge is 0.398 e. The molecule has 1 aliphatic carbocycles. The van der Waals surface area contributed by atoms with Gasteiger partial charge >= 0.3 is 0 Å².